The first-order valence-electron chi connectivity index (χ1n) is 6.05. The number of piperazine rings is 1. The van der Waals surface area contributed by atoms with Crippen molar-refractivity contribution in [1.82, 2.24) is 10.2 Å². The van der Waals surface area contributed by atoms with Gasteiger partial charge in [0, 0.05) is 5.56 Å². The van der Waals surface area contributed by atoms with Crippen LogP contribution in [0, 0.1) is 11.6 Å². The number of halogens is 2. The molecule has 0 aromatic heterocycles. The Labute approximate surface area is 118 Å². The van der Waals surface area contributed by atoms with Crippen LogP contribution < -0.4 is 11.1 Å². The van der Waals surface area contributed by atoms with Gasteiger partial charge in [0.25, 0.3) is 11.8 Å². The van der Waals surface area contributed by atoms with Crippen LogP contribution in [0.2, 0.25) is 0 Å². The third-order valence-electron chi connectivity index (χ3n) is 3.36. The van der Waals surface area contributed by atoms with Gasteiger partial charge in [-0.2, -0.15) is 0 Å². The normalized spacial score (nSPS) is 17.6. The second-order valence-corrected chi connectivity index (χ2v) is 5.18. The molecule has 3 amide bonds. The van der Waals surface area contributed by atoms with Crippen LogP contribution in [0.25, 0.3) is 0 Å². The summed E-state index contributed by atoms with van der Waals surface area (Å²) in [6.45, 7) is 2.47. The fourth-order valence-corrected chi connectivity index (χ4v) is 1.97. The van der Waals surface area contributed by atoms with Crippen LogP contribution in [0.5, 0.6) is 0 Å². The second kappa shape index (κ2) is 4.80. The number of anilines is 1. The van der Waals surface area contributed by atoms with Crippen LogP contribution in [-0.2, 0) is 9.59 Å². The number of nitrogens with two attached hydrogens (primary N) is 1. The smallest absolute Gasteiger partial charge is 0.255 e. The van der Waals surface area contributed by atoms with Crippen molar-refractivity contribution >= 4 is 23.4 Å². The number of hydrogen-bond donors (Lipinski definition) is 2. The predicted molar refractivity (Wildman–Crippen MR) is 69.0 cm³/mol. The Balaban J connectivity index is 2.43. The van der Waals surface area contributed by atoms with E-state index >= 15 is 0 Å². The van der Waals surface area contributed by atoms with E-state index in [0.29, 0.717) is 0 Å². The van der Waals surface area contributed by atoms with Crippen LogP contribution in [0.1, 0.15) is 24.2 Å². The monoisotopic (exact) mass is 297 g/mol. The van der Waals surface area contributed by atoms with E-state index in [-0.39, 0.29) is 12.1 Å². The molecule has 21 heavy (non-hydrogen) atoms. The number of carbonyl (C=O) groups excluding carboxylic acids is 3. The van der Waals surface area contributed by atoms with Gasteiger partial charge in [0.15, 0.2) is 0 Å². The minimum absolute atomic E-state index is 0.324. The van der Waals surface area contributed by atoms with E-state index < -0.39 is 40.6 Å². The maximum atomic E-state index is 13.4. The maximum Gasteiger partial charge on any atom is 0.255 e. The van der Waals surface area contributed by atoms with E-state index in [1.165, 1.54) is 13.8 Å². The Morgan fingerprint density at radius 3 is 2.33 bits per heavy atom. The van der Waals surface area contributed by atoms with Crippen molar-refractivity contribution in [2.24, 2.45) is 0 Å². The third kappa shape index (κ3) is 2.44. The Morgan fingerprint density at radius 2 is 1.81 bits per heavy atom. The molecule has 0 bridgehead atoms. The van der Waals surface area contributed by atoms with Gasteiger partial charge in [-0.3, -0.25) is 19.7 Å². The van der Waals surface area contributed by atoms with Crippen molar-refractivity contribution < 1.29 is 23.2 Å². The highest BCUT2D eigenvalue weighted by Gasteiger charge is 2.43. The standard InChI is InChI=1S/C13H13F2N3O3/c1-13(2)12(21)17-9(19)5-18(13)11(20)6-3-7(14)10(16)8(15)4-6/h3-4H,5,16H2,1-2H3,(H,17,19,21). The minimum atomic E-state index is -1.32. The van der Waals surface area contributed by atoms with Crippen LogP contribution >= 0.6 is 0 Å². The molecule has 2 rings (SSSR count). The number of nitrogen functional groups attached to an aromatic ring is 1. The summed E-state index contributed by atoms with van der Waals surface area (Å²) >= 11 is 0. The number of hydrogen-bond acceptors (Lipinski definition) is 4. The highest BCUT2D eigenvalue weighted by atomic mass is 19.1. The SMILES string of the molecule is CC1(C)C(=O)NC(=O)CN1C(=O)c1cc(F)c(N)c(F)c1. The summed E-state index contributed by atoms with van der Waals surface area (Å²) in [6, 6.07) is 1.54. The molecule has 6 nitrogen and oxygen atoms in total. The van der Waals surface area contributed by atoms with E-state index in [0.717, 1.165) is 17.0 Å². The van der Waals surface area contributed by atoms with E-state index in [1.807, 2.05) is 0 Å². The molecule has 0 saturated carbocycles. The highest BCUT2D eigenvalue weighted by Crippen LogP contribution is 2.24. The maximum absolute atomic E-state index is 13.4. The Bertz CT molecular complexity index is 635. The van der Waals surface area contributed by atoms with Gasteiger partial charge in [-0.05, 0) is 26.0 Å². The van der Waals surface area contributed by atoms with Crippen molar-refractivity contribution in [3.8, 4) is 0 Å². The summed E-state index contributed by atoms with van der Waals surface area (Å²) in [5, 5.41) is 2.10. The largest absolute Gasteiger partial charge is 0.394 e. The molecule has 0 atom stereocenters. The number of benzene rings is 1. The van der Waals surface area contributed by atoms with E-state index in [9.17, 15) is 23.2 Å². The van der Waals surface area contributed by atoms with Crippen LogP contribution in [-0.4, -0.2) is 34.7 Å². The number of carbonyl (C=O) groups is 3. The van der Waals surface area contributed by atoms with E-state index in [2.05, 4.69) is 5.32 Å². The zero-order valence-corrected chi connectivity index (χ0v) is 11.4. The molecule has 1 aromatic rings. The minimum Gasteiger partial charge on any atom is -0.394 e. The van der Waals surface area contributed by atoms with Crippen LogP contribution in [0.15, 0.2) is 12.1 Å². The molecule has 1 fully saturated rings. The fourth-order valence-electron chi connectivity index (χ4n) is 1.97. The lowest BCUT2D eigenvalue weighted by Gasteiger charge is -2.40. The predicted octanol–water partition coefficient (Wildman–Crippen LogP) is 0.424. The second-order valence-electron chi connectivity index (χ2n) is 5.18. The average molecular weight is 297 g/mol. The lowest BCUT2D eigenvalue weighted by Crippen LogP contribution is -2.65. The zero-order chi connectivity index (χ0) is 15.9. The van der Waals surface area contributed by atoms with Gasteiger partial charge in [0.05, 0.1) is 0 Å². The van der Waals surface area contributed by atoms with Gasteiger partial charge in [0.2, 0.25) is 5.91 Å². The summed E-state index contributed by atoms with van der Waals surface area (Å²) in [4.78, 5) is 36.5. The van der Waals surface area contributed by atoms with Gasteiger partial charge < -0.3 is 10.6 Å². The van der Waals surface area contributed by atoms with Gasteiger partial charge in [-0.1, -0.05) is 0 Å². The molecule has 1 saturated heterocycles. The lowest BCUT2D eigenvalue weighted by atomic mass is 9.97. The number of nitrogens with one attached hydrogen (secondary N) is 1. The molecule has 1 aliphatic heterocycles. The molecular formula is C13H13F2N3O3. The molecule has 0 spiro atoms. The third-order valence-corrected chi connectivity index (χ3v) is 3.36. The molecule has 0 unspecified atom stereocenters. The van der Waals surface area contributed by atoms with Gasteiger partial charge >= 0.3 is 0 Å². The van der Waals surface area contributed by atoms with Crippen LogP contribution in [0.3, 0.4) is 0 Å². The Kier molecular flexibility index (Phi) is 3.40. The zero-order valence-electron chi connectivity index (χ0n) is 11.4. The fraction of sp³-hybridized carbons (Fsp3) is 0.308. The number of nitrogens with zero attached hydrogens (tertiary/aromatic N) is 1. The molecule has 3 N–H and O–H groups in total. The number of amides is 3. The van der Waals surface area contributed by atoms with Gasteiger partial charge in [-0.25, -0.2) is 8.78 Å². The molecule has 0 aliphatic carbocycles. The van der Waals surface area contributed by atoms with Crippen molar-refractivity contribution in [3.63, 3.8) is 0 Å². The molecule has 8 heteroatoms. The first kappa shape index (κ1) is 14.9. The summed E-state index contributed by atoms with van der Waals surface area (Å²) in [5.41, 5.74) is 2.79. The van der Waals surface area contributed by atoms with Crippen LogP contribution in [0.4, 0.5) is 14.5 Å². The van der Waals surface area contributed by atoms with Crippen molar-refractivity contribution in [2.45, 2.75) is 19.4 Å². The average Bonchev–Trinajstić information content (AvgIpc) is 2.39. The van der Waals surface area contributed by atoms with E-state index in [1.54, 1.807) is 0 Å². The molecule has 1 aliphatic rings. The van der Waals surface area contributed by atoms with Crippen molar-refractivity contribution in [2.75, 3.05) is 12.3 Å². The summed E-state index contributed by atoms with van der Waals surface area (Å²) in [5.74, 6) is -4.32. The molecule has 0 radical (unpaired) electrons. The first-order valence-corrected chi connectivity index (χ1v) is 6.05. The first-order chi connectivity index (χ1) is 9.64. The molecule has 1 heterocycles. The van der Waals surface area contributed by atoms with E-state index in [4.69, 9.17) is 5.73 Å². The van der Waals surface area contributed by atoms with Gasteiger partial charge in [-0.15, -0.1) is 0 Å². The lowest BCUT2D eigenvalue weighted by molar-refractivity contribution is -0.143. The Morgan fingerprint density at radius 1 is 1.29 bits per heavy atom. The number of imide groups is 1. The molecule has 1 aromatic carbocycles. The Hall–Kier alpha value is -2.51. The summed E-state index contributed by atoms with van der Waals surface area (Å²) < 4.78 is 26.9. The summed E-state index contributed by atoms with van der Waals surface area (Å²) in [6.07, 6.45) is 0. The quantitative estimate of drug-likeness (QED) is 0.580. The highest BCUT2D eigenvalue weighted by molar-refractivity contribution is 6.08. The van der Waals surface area contributed by atoms with Crippen molar-refractivity contribution in [3.05, 3.63) is 29.3 Å². The number of rotatable bonds is 1. The molecular weight excluding hydrogens is 284 g/mol. The topological polar surface area (TPSA) is 92.5 Å². The van der Waals surface area contributed by atoms with Crippen molar-refractivity contribution in [1.29, 1.82) is 0 Å². The molecule has 112 valence electrons. The summed E-state index contributed by atoms with van der Waals surface area (Å²) in [7, 11) is 0. The van der Waals surface area contributed by atoms with Gasteiger partial charge in [0.1, 0.15) is 29.4 Å².